The summed E-state index contributed by atoms with van der Waals surface area (Å²) in [7, 11) is 0. The van der Waals surface area contributed by atoms with Crippen molar-refractivity contribution in [3.63, 3.8) is 0 Å². The fourth-order valence-corrected chi connectivity index (χ4v) is 1.79. The van der Waals surface area contributed by atoms with Crippen LogP contribution in [0.25, 0.3) is 0 Å². The van der Waals surface area contributed by atoms with Crippen molar-refractivity contribution in [2.45, 2.75) is 0 Å². The number of rotatable bonds is 3. The largest absolute Gasteiger partial charge is 0.450 e. The Balaban J connectivity index is 2.41. The van der Waals surface area contributed by atoms with Gasteiger partial charge in [-0.05, 0) is 24.3 Å². The van der Waals surface area contributed by atoms with Gasteiger partial charge in [0.2, 0.25) is 5.75 Å². The first-order chi connectivity index (χ1) is 8.97. The van der Waals surface area contributed by atoms with E-state index in [0.29, 0.717) is 5.75 Å². The monoisotopic (exact) mass is 345 g/mol. The van der Waals surface area contributed by atoms with E-state index in [4.69, 9.17) is 16.3 Å². The van der Waals surface area contributed by atoms with E-state index in [9.17, 15) is 14.5 Å². The van der Waals surface area contributed by atoms with Gasteiger partial charge in [0.05, 0.1) is 9.95 Å². The van der Waals surface area contributed by atoms with E-state index in [1.54, 1.807) is 24.3 Å². The molecule has 0 N–H and O–H groups in total. The molecule has 0 fully saturated rings. The number of nitro benzene ring substituents is 1. The molecule has 0 bridgehead atoms. The number of benzene rings is 2. The highest BCUT2D eigenvalue weighted by molar-refractivity contribution is 9.10. The van der Waals surface area contributed by atoms with Crippen molar-refractivity contribution in [1.82, 2.24) is 0 Å². The fourth-order valence-electron chi connectivity index (χ4n) is 1.37. The maximum absolute atomic E-state index is 13.3. The Morgan fingerprint density at radius 2 is 1.89 bits per heavy atom. The van der Waals surface area contributed by atoms with Crippen molar-refractivity contribution >= 4 is 33.2 Å². The highest BCUT2D eigenvalue weighted by atomic mass is 79.9. The van der Waals surface area contributed by atoms with Crippen molar-refractivity contribution < 1.29 is 14.1 Å². The van der Waals surface area contributed by atoms with Gasteiger partial charge in [0, 0.05) is 16.6 Å². The van der Waals surface area contributed by atoms with Gasteiger partial charge >= 0.3 is 5.69 Å². The summed E-state index contributed by atoms with van der Waals surface area (Å²) in [6.07, 6.45) is 0. The van der Waals surface area contributed by atoms with Gasteiger partial charge in [-0.2, -0.15) is 0 Å². The van der Waals surface area contributed by atoms with Gasteiger partial charge in [-0.25, -0.2) is 4.39 Å². The van der Waals surface area contributed by atoms with Gasteiger partial charge in [-0.3, -0.25) is 10.1 Å². The third-order valence-electron chi connectivity index (χ3n) is 2.24. The van der Waals surface area contributed by atoms with Crippen LogP contribution in [0.2, 0.25) is 5.02 Å². The molecule has 0 aliphatic heterocycles. The molecule has 0 saturated heterocycles. The van der Waals surface area contributed by atoms with Gasteiger partial charge < -0.3 is 4.74 Å². The van der Waals surface area contributed by atoms with Crippen molar-refractivity contribution in [2.24, 2.45) is 0 Å². The molecule has 19 heavy (non-hydrogen) atoms. The molecule has 7 heteroatoms. The molecule has 0 unspecified atom stereocenters. The molecule has 0 saturated carbocycles. The lowest BCUT2D eigenvalue weighted by molar-refractivity contribution is -0.385. The highest BCUT2D eigenvalue weighted by Gasteiger charge is 2.19. The Bertz CT molecular complexity index is 634. The smallest absolute Gasteiger partial charge is 0.313 e. The number of halogens is 3. The van der Waals surface area contributed by atoms with Crippen LogP contribution in [0.15, 0.2) is 40.9 Å². The molecule has 4 nitrogen and oxygen atoms in total. The molecule has 0 spiro atoms. The molecule has 2 aromatic rings. The first-order valence-electron chi connectivity index (χ1n) is 5.04. The zero-order valence-corrected chi connectivity index (χ0v) is 11.6. The summed E-state index contributed by atoms with van der Waals surface area (Å²) < 4.78 is 19.5. The van der Waals surface area contributed by atoms with Crippen molar-refractivity contribution in [1.29, 1.82) is 0 Å². The predicted molar refractivity (Wildman–Crippen MR) is 72.3 cm³/mol. The Kier molecular flexibility index (Phi) is 4.01. The van der Waals surface area contributed by atoms with Crippen molar-refractivity contribution in [3.05, 3.63) is 61.8 Å². The van der Waals surface area contributed by atoms with E-state index in [2.05, 4.69) is 15.9 Å². The molecule has 0 aliphatic rings. The standard InChI is InChI=1S/C12H6BrClFNO3/c13-7-1-3-8(4-2-7)19-12-6-10(15)9(14)5-11(12)16(17)18/h1-6H. The molecule has 0 heterocycles. The van der Waals surface area contributed by atoms with E-state index in [1.165, 1.54) is 0 Å². The van der Waals surface area contributed by atoms with Gasteiger partial charge in [-0.1, -0.05) is 27.5 Å². The number of ether oxygens (including phenoxy) is 1. The maximum atomic E-state index is 13.3. The lowest BCUT2D eigenvalue weighted by atomic mass is 10.3. The van der Waals surface area contributed by atoms with E-state index >= 15 is 0 Å². The Morgan fingerprint density at radius 3 is 2.47 bits per heavy atom. The Morgan fingerprint density at radius 1 is 1.26 bits per heavy atom. The zero-order chi connectivity index (χ0) is 14.0. The van der Waals surface area contributed by atoms with Crippen LogP contribution in [0.5, 0.6) is 11.5 Å². The van der Waals surface area contributed by atoms with Crippen LogP contribution in [0.4, 0.5) is 10.1 Å². The van der Waals surface area contributed by atoms with Crippen molar-refractivity contribution in [2.75, 3.05) is 0 Å². The molecule has 0 amide bonds. The lowest BCUT2D eigenvalue weighted by Crippen LogP contribution is -1.95. The van der Waals surface area contributed by atoms with E-state index in [0.717, 1.165) is 16.6 Å². The molecule has 0 aromatic heterocycles. The topological polar surface area (TPSA) is 52.4 Å². The Labute approximate surface area is 121 Å². The Hall–Kier alpha value is -1.66. The molecular formula is C12H6BrClFNO3. The van der Waals surface area contributed by atoms with Crippen LogP contribution in [0.3, 0.4) is 0 Å². The third-order valence-corrected chi connectivity index (χ3v) is 3.06. The second-order valence-electron chi connectivity index (χ2n) is 3.55. The predicted octanol–water partition coefficient (Wildman–Crippen LogP) is 4.94. The number of hydrogen-bond donors (Lipinski definition) is 0. The molecule has 0 aliphatic carbocycles. The minimum Gasteiger partial charge on any atom is -0.450 e. The zero-order valence-electron chi connectivity index (χ0n) is 9.27. The molecule has 2 rings (SSSR count). The van der Waals surface area contributed by atoms with Crippen LogP contribution in [0, 0.1) is 15.9 Å². The second kappa shape index (κ2) is 5.54. The quantitative estimate of drug-likeness (QED) is 0.584. The average Bonchev–Trinajstić information content (AvgIpc) is 2.36. The summed E-state index contributed by atoms with van der Waals surface area (Å²) in [5, 5.41) is 10.5. The summed E-state index contributed by atoms with van der Waals surface area (Å²) in [5.74, 6) is -0.623. The van der Waals surface area contributed by atoms with Crippen LogP contribution in [0.1, 0.15) is 0 Å². The summed E-state index contributed by atoms with van der Waals surface area (Å²) in [6.45, 7) is 0. The summed E-state index contributed by atoms with van der Waals surface area (Å²) in [5.41, 5.74) is -0.394. The summed E-state index contributed by atoms with van der Waals surface area (Å²) in [4.78, 5) is 10.2. The number of nitrogens with zero attached hydrogens (tertiary/aromatic N) is 1. The summed E-state index contributed by atoms with van der Waals surface area (Å²) in [6, 6.07) is 8.41. The minimum atomic E-state index is -0.778. The SMILES string of the molecule is O=[N+]([O-])c1cc(Cl)c(F)cc1Oc1ccc(Br)cc1. The average molecular weight is 347 g/mol. The lowest BCUT2D eigenvalue weighted by Gasteiger charge is -2.07. The van der Waals surface area contributed by atoms with E-state index in [-0.39, 0.29) is 10.8 Å². The van der Waals surface area contributed by atoms with Gasteiger partial charge in [-0.15, -0.1) is 0 Å². The maximum Gasteiger partial charge on any atom is 0.313 e. The van der Waals surface area contributed by atoms with E-state index in [1.807, 2.05) is 0 Å². The van der Waals surface area contributed by atoms with Gasteiger partial charge in [0.15, 0.2) is 0 Å². The number of hydrogen-bond acceptors (Lipinski definition) is 3. The van der Waals surface area contributed by atoms with E-state index < -0.39 is 16.4 Å². The van der Waals surface area contributed by atoms with Crippen LogP contribution < -0.4 is 4.74 Å². The normalized spacial score (nSPS) is 10.3. The summed E-state index contributed by atoms with van der Waals surface area (Å²) >= 11 is 8.76. The highest BCUT2D eigenvalue weighted by Crippen LogP contribution is 2.35. The van der Waals surface area contributed by atoms with Crippen molar-refractivity contribution in [3.8, 4) is 11.5 Å². The molecule has 2 aromatic carbocycles. The molecule has 0 radical (unpaired) electrons. The molecule has 0 atom stereocenters. The van der Waals surface area contributed by atoms with Gasteiger partial charge in [0.25, 0.3) is 0 Å². The second-order valence-corrected chi connectivity index (χ2v) is 4.87. The molecule has 98 valence electrons. The van der Waals surface area contributed by atoms with Gasteiger partial charge in [0.1, 0.15) is 11.6 Å². The first-order valence-corrected chi connectivity index (χ1v) is 6.21. The minimum absolute atomic E-state index is 0.200. The van der Waals surface area contributed by atoms with Crippen LogP contribution in [-0.4, -0.2) is 4.92 Å². The van der Waals surface area contributed by atoms with Crippen LogP contribution >= 0.6 is 27.5 Å². The number of nitro groups is 1. The molecular weight excluding hydrogens is 340 g/mol. The third kappa shape index (κ3) is 3.21. The van der Waals surface area contributed by atoms with Crippen LogP contribution in [-0.2, 0) is 0 Å². The first kappa shape index (κ1) is 13.8. The fraction of sp³-hybridized carbons (Fsp3) is 0.